The summed E-state index contributed by atoms with van der Waals surface area (Å²) in [7, 11) is 0. The highest BCUT2D eigenvalue weighted by molar-refractivity contribution is 6.30. The predicted octanol–water partition coefficient (Wildman–Crippen LogP) is 0.823. The standard InChI is InChI=1S/C13H17ClN2O3/c14-10-1-3-11(4-2-10)19-9-13(17)16-8-12-7-15-5-6-18-12/h1-4,12,15H,5-9H2,(H,16,17). The van der Waals surface area contributed by atoms with Crippen molar-refractivity contribution in [2.75, 3.05) is 32.8 Å². The van der Waals surface area contributed by atoms with Gasteiger partial charge in [-0.1, -0.05) is 11.6 Å². The lowest BCUT2D eigenvalue weighted by atomic mass is 10.3. The minimum atomic E-state index is -0.163. The lowest BCUT2D eigenvalue weighted by Gasteiger charge is -2.23. The first kappa shape index (κ1) is 14.1. The number of morpholine rings is 1. The molecule has 0 spiro atoms. The van der Waals surface area contributed by atoms with E-state index in [0.717, 1.165) is 13.1 Å². The lowest BCUT2D eigenvalue weighted by molar-refractivity contribution is -0.123. The van der Waals surface area contributed by atoms with Crippen LogP contribution in [0.1, 0.15) is 0 Å². The Balaban J connectivity index is 1.65. The van der Waals surface area contributed by atoms with Crippen molar-refractivity contribution in [3.05, 3.63) is 29.3 Å². The quantitative estimate of drug-likeness (QED) is 0.841. The van der Waals surface area contributed by atoms with Crippen LogP contribution in [0, 0.1) is 0 Å². The van der Waals surface area contributed by atoms with Gasteiger partial charge in [0.2, 0.25) is 0 Å². The molecule has 1 atom stereocenters. The van der Waals surface area contributed by atoms with Crippen LogP contribution in [0.25, 0.3) is 0 Å². The number of benzene rings is 1. The summed E-state index contributed by atoms with van der Waals surface area (Å²) in [5.41, 5.74) is 0. The molecule has 19 heavy (non-hydrogen) atoms. The van der Waals surface area contributed by atoms with E-state index in [0.29, 0.717) is 23.9 Å². The summed E-state index contributed by atoms with van der Waals surface area (Å²) in [6.45, 7) is 2.79. The van der Waals surface area contributed by atoms with Crippen LogP contribution in [0.5, 0.6) is 5.75 Å². The molecule has 1 saturated heterocycles. The maximum absolute atomic E-state index is 11.6. The number of hydrogen-bond acceptors (Lipinski definition) is 4. The van der Waals surface area contributed by atoms with E-state index >= 15 is 0 Å². The van der Waals surface area contributed by atoms with Crippen molar-refractivity contribution in [2.24, 2.45) is 0 Å². The number of ether oxygens (including phenoxy) is 2. The van der Waals surface area contributed by atoms with E-state index in [1.165, 1.54) is 0 Å². The number of halogens is 1. The second-order valence-corrected chi connectivity index (χ2v) is 4.68. The van der Waals surface area contributed by atoms with Gasteiger partial charge in [-0.25, -0.2) is 0 Å². The molecule has 5 nitrogen and oxygen atoms in total. The number of hydrogen-bond donors (Lipinski definition) is 2. The van der Waals surface area contributed by atoms with Crippen LogP contribution in [-0.4, -0.2) is 44.9 Å². The molecule has 2 rings (SSSR count). The van der Waals surface area contributed by atoms with Gasteiger partial charge < -0.3 is 20.1 Å². The summed E-state index contributed by atoms with van der Waals surface area (Å²) in [4.78, 5) is 11.6. The smallest absolute Gasteiger partial charge is 0.258 e. The molecule has 1 aliphatic heterocycles. The third kappa shape index (κ3) is 5.06. The van der Waals surface area contributed by atoms with E-state index in [-0.39, 0.29) is 18.6 Å². The van der Waals surface area contributed by atoms with Gasteiger partial charge in [-0.15, -0.1) is 0 Å². The van der Waals surface area contributed by atoms with E-state index in [9.17, 15) is 4.79 Å². The SMILES string of the molecule is O=C(COc1ccc(Cl)cc1)NCC1CNCCO1. The molecule has 1 heterocycles. The lowest BCUT2D eigenvalue weighted by Crippen LogP contribution is -2.45. The molecule has 1 aliphatic rings. The first-order valence-corrected chi connectivity index (χ1v) is 6.59. The average molecular weight is 285 g/mol. The van der Waals surface area contributed by atoms with Crippen LogP contribution < -0.4 is 15.4 Å². The van der Waals surface area contributed by atoms with Crippen molar-refractivity contribution < 1.29 is 14.3 Å². The molecular weight excluding hydrogens is 268 g/mol. The second-order valence-electron chi connectivity index (χ2n) is 4.24. The Morgan fingerprint density at radius 1 is 1.47 bits per heavy atom. The van der Waals surface area contributed by atoms with Crippen LogP contribution in [0.2, 0.25) is 5.02 Å². The van der Waals surface area contributed by atoms with Crippen molar-refractivity contribution in [3.63, 3.8) is 0 Å². The third-order valence-electron chi connectivity index (χ3n) is 2.71. The molecular formula is C13H17ClN2O3. The Kier molecular flexibility index (Phi) is 5.44. The van der Waals surface area contributed by atoms with Gasteiger partial charge in [0.05, 0.1) is 12.7 Å². The Bertz CT molecular complexity index is 405. The summed E-state index contributed by atoms with van der Waals surface area (Å²) < 4.78 is 10.8. The van der Waals surface area contributed by atoms with E-state index in [4.69, 9.17) is 21.1 Å². The molecule has 1 aromatic rings. The monoisotopic (exact) mass is 284 g/mol. The van der Waals surface area contributed by atoms with Gasteiger partial charge in [-0.05, 0) is 24.3 Å². The Hall–Kier alpha value is -1.30. The van der Waals surface area contributed by atoms with Crippen molar-refractivity contribution in [1.82, 2.24) is 10.6 Å². The van der Waals surface area contributed by atoms with Crippen LogP contribution in [-0.2, 0) is 9.53 Å². The Morgan fingerprint density at radius 3 is 2.95 bits per heavy atom. The maximum atomic E-state index is 11.6. The molecule has 2 N–H and O–H groups in total. The van der Waals surface area contributed by atoms with Gasteiger partial charge in [0.1, 0.15) is 5.75 Å². The van der Waals surface area contributed by atoms with Gasteiger partial charge in [0.25, 0.3) is 5.91 Å². The fourth-order valence-corrected chi connectivity index (χ4v) is 1.84. The number of amides is 1. The van der Waals surface area contributed by atoms with Gasteiger partial charge in [-0.3, -0.25) is 4.79 Å². The van der Waals surface area contributed by atoms with Crippen LogP contribution in [0.15, 0.2) is 24.3 Å². The molecule has 0 aliphatic carbocycles. The fraction of sp³-hybridized carbons (Fsp3) is 0.462. The van der Waals surface area contributed by atoms with Crippen molar-refractivity contribution >= 4 is 17.5 Å². The molecule has 104 valence electrons. The van der Waals surface area contributed by atoms with Crippen LogP contribution in [0.3, 0.4) is 0 Å². The van der Waals surface area contributed by atoms with Crippen LogP contribution in [0.4, 0.5) is 0 Å². The fourth-order valence-electron chi connectivity index (χ4n) is 1.71. The Labute approximate surface area is 117 Å². The molecule has 0 aromatic heterocycles. The van der Waals surface area contributed by atoms with Gasteiger partial charge in [0.15, 0.2) is 6.61 Å². The summed E-state index contributed by atoms with van der Waals surface area (Å²) in [6.07, 6.45) is 0.0354. The van der Waals surface area contributed by atoms with Crippen molar-refractivity contribution in [3.8, 4) is 5.75 Å². The summed E-state index contributed by atoms with van der Waals surface area (Å²) in [5, 5.41) is 6.62. The predicted molar refractivity (Wildman–Crippen MR) is 72.6 cm³/mol. The largest absolute Gasteiger partial charge is 0.484 e. The van der Waals surface area contributed by atoms with E-state index in [1.807, 2.05) is 0 Å². The molecule has 1 amide bonds. The average Bonchev–Trinajstić information content (AvgIpc) is 2.45. The highest BCUT2D eigenvalue weighted by Crippen LogP contribution is 2.15. The molecule has 1 aromatic carbocycles. The van der Waals surface area contributed by atoms with Gasteiger partial charge in [-0.2, -0.15) is 0 Å². The van der Waals surface area contributed by atoms with Gasteiger partial charge >= 0.3 is 0 Å². The number of carbonyl (C=O) groups excluding carboxylic acids is 1. The molecule has 6 heteroatoms. The molecule has 1 unspecified atom stereocenters. The first-order valence-electron chi connectivity index (χ1n) is 6.21. The first-order chi connectivity index (χ1) is 9.24. The number of rotatable bonds is 5. The topological polar surface area (TPSA) is 59.6 Å². The zero-order chi connectivity index (χ0) is 13.5. The highest BCUT2D eigenvalue weighted by Gasteiger charge is 2.14. The minimum absolute atomic E-state index is 0.0121. The Morgan fingerprint density at radius 2 is 2.26 bits per heavy atom. The summed E-state index contributed by atoms with van der Waals surface area (Å²) >= 11 is 5.76. The van der Waals surface area contributed by atoms with Gasteiger partial charge in [0, 0.05) is 24.7 Å². The van der Waals surface area contributed by atoms with E-state index in [1.54, 1.807) is 24.3 Å². The maximum Gasteiger partial charge on any atom is 0.258 e. The van der Waals surface area contributed by atoms with Crippen molar-refractivity contribution in [2.45, 2.75) is 6.10 Å². The number of carbonyl (C=O) groups is 1. The van der Waals surface area contributed by atoms with Crippen molar-refractivity contribution in [1.29, 1.82) is 0 Å². The molecule has 0 saturated carbocycles. The zero-order valence-electron chi connectivity index (χ0n) is 10.5. The minimum Gasteiger partial charge on any atom is -0.484 e. The third-order valence-corrected chi connectivity index (χ3v) is 2.97. The highest BCUT2D eigenvalue weighted by atomic mass is 35.5. The van der Waals surface area contributed by atoms with E-state index in [2.05, 4.69) is 10.6 Å². The van der Waals surface area contributed by atoms with E-state index < -0.39 is 0 Å². The number of nitrogens with one attached hydrogen (secondary N) is 2. The zero-order valence-corrected chi connectivity index (χ0v) is 11.3. The summed E-state index contributed by atoms with van der Waals surface area (Å²) in [6, 6.07) is 6.89. The van der Waals surface area contributed by atoms with Crippen LogP contribution >= 0.6 is 11.6 Å². The normalized spacial score (nSPS) is 18.9. The molecule has 0 bridgehead atoms. The molecule has 0 radical (unpaired) electrons. The second kappa shape index (κ2) is 7.33. The summed E-state index contributed by atoms with van der Waals surface area (Å²) in [5.74, 6) is 0.458. The molecule has 1 fully saturated rings.